The lowest BCUT2D eigenvalue weighted by Gasteiger charge is -2.10. The highest BCUT2D eigenvalue weighted by atomic mass is 16.5. The van der Waals surface area contributed by atoms with E-state index in [1.165, 1.54) is 0 Å². The smallest absolute Gasteiger partial charge is 0.305 e. The van der Waals surface area contributed by atoms with Gasteiger partial charge in [-0.25, -0.2) is 0 Å². The van der Waals surface area contributed by atoms with Crippen LogP contribution >= 0.6 is 0 Å². The molecule has 1 rings (SSSR count). The summed E-state index contributed by atoms with van der Waals surface area (Å²) in [6.07, 6.45) is 2.17. The van der Waals surface area contributed by atoms with Crippen LogP contribution in [0.25, 0.3) is 0 Å². The van der Waals surface area contributed by atoms with Crippen LogP contribution in [0.4, 0.5) is 11.4 Å². The van der Waals surface area contributed by atoms with Crippen LogP contribution < -0.4 is 15.8 Å². The van der Waals surface area contributed by atoms with Gasteiger partial charge < -0.3 is 20.5 Å². The number of unbranched alkanes of at least 4 members (excludes halogenated alkanes) is 1. The fraction of sp³-hybridized carbons (Fsp3) is 0.500. The molecule has 0 aliphatic rings. The van der Waals surface area contributed by atoms with Crippen LogP contribution in [0.2, 0.25) is 0 Å². The molecule has 1 aromatic rings. The first-order valence-corrected chi connectivity index (χ1v) is 6.50. The molecule has 0 saturated carbocycles. The molecule has 0 atom stereocenters. The molecule has 0 amide bonds. The number of nitrogen functional groups attached to an aromatic ring is 1. The maximum atomic E-state index is 11.1. The molecule has 0 spiro atoms. The fourth-order valence-electron chi connectivity index (χ4n) is 1.68. The molecule has 19 heavy (non-hydrogen) atoms. The van der Waals surface area contributed by atoms with Crippen molar-refractivity contribution in [2.45, 2.75) is 26.2 Å². The van der Waals surface area contributed by atoms with Crippen LogP contribution in [0.5, 0.6) is 5.75 Å². The summed E-state index contributed by atoms with van der Waals surface area (Å²) in [5.41, 5.74) is 7.43. The molecule has 0 aromatic heterocycles. The van der Waals surface area contributed by atoms with Gasteiger partial charge in [0.25, 0.3) is 0 Å². The highest BCUT2D eigenvalue weighted by Gasteiger charge is 2.02. The maximum Gasteiger partial charge on any atom is 0.305 e. The van der Waals surface area contributed by atoms with Crippen LogP contribution in [0, 0.1) is 0 Å². The van der Waals surface area contributed by atoms with Gasteiger partial charge in [0.05, 0.1) is 25.1 Å². The van der Waals surface area contributed by atoms with Gasteiger partial charge in [0.1, 0.15) is 5.75 Å². The fourth-order valence-corrected chi connectivity index (χ4v) is 1.68. The number of carbonyl (C=O) groups excluding carboxylic acids is 1. The number of rotatable bonds is 8. The molecule has 106 valence electrons. The van der Waals surface area contributed by atoms with Crippen molar-refractivity contribution in [3.8, 4) is 5.75 Å². The number of hydrogen-bond acceptors (Lipinski definition) is 5. The monoisotopic (exact) mass is 266 g/mol. The first kappa shape index (κ1) is 15.1. The number of nitrogens with one attached hydrogen (secondary N) is 1. The standard InChI is InChI=1S/C14H22N2O3/c1-3-19-14(17)6-4-5-9-16-13-8-7-11(18-2)10-12(13)15/h7-8,10,16H,3-6,9,15H2,1-2H3. The second-order valence-electron chi connectivity index (χ2n) is 4.14. The van der Waals surface area contributed by atoms with E-state index in [1.807, 2.05) is 19.1 Å². The summed E-state index contributed by atoms with van der Waals surface area (Å²) in [5, 5.41) is 3.24. The first-order valence-electron chi connectivity index (χ1n) is 6.50. The van der Waals surface area contributed by atoms with E-state index in [0.29, 0.717) is 18.7 Å². The van der Waals surface area contributed by atoms with Crippen LogP contribution in [0.3, 0.4) is 0 Å². The predicted molar refractivity (Wildman–Crippen MR) is 76.4 cm³/mol. The van der Waals surface area contributed by atoms with Crippen molar-refractivity contribution in [2.75, 3.05) is 31.3 Å². The van der Waals surface area contributed by atoms with E-state index in [-0.39, 0.29) is 5.97 Å². The molecule has 0 saturated heterocycles. The Morgan fingerprint density at radius 1 is 1.37 bits per heavy atom. The third-order valence-corrected chi connectivity index (χ3v) is 2.69. The summed E-state index contributed by atoms with van der Waals surface area (Å²) in [4.78, 5) is 11.1. The summed E-state index contributed by atoms with van der Waals surface area (Å²) in [6.45, 7) is 3.03. The molecule has 0 unspecified atom stereocenters. The highest BCUT2D eigenvalue weighted by molar-refractivity contribution is 5.69. The molecule has 5 nitrogen and oxygen atoms in total. The Morgan fingerprint density at radius 3 is 2.79 bits per heavy atom. The second kappa shape index (κ2) is 8.24. The molecule has 3 N–H and O–H groups in total. The van der Waals surface area contributed by atoms with Gasteiger partial charge in [-0.1, -0.05) is 0 Å². The summed E-state index contributed by atoms with van der Waals surface area (Å²) in [6, 6.07) is 5.53. The Morgan fingerprint density at radius 2 is 2.16 bits per heavy atom. The predicted octanol–water partition coefficient (Wildman–Crippen LogP) is 2.42. The van der Waals surface area contributed by atoms with Crippen molar-refractivity contribution in [2.24, 2.45) is 0 Å². The van der Waals surface area contributed by atoms with Crippen LogP contribution in [0.1, 0.15) is 26.2 Å². The molecular formula is C14H22N2O3. The summed E-state index contributed by atoms with van der Waals surface area (Å²) in [5.74, 6) is 0.608. The van der Waals surface area contributed by atoms with Crippen molar-refractivity contribution in [3.63, 3.8) is 0 Å². The number of anilines is 2. The average molecular weight is 266 g/mol. The van der Waals surface area contributed by atoms with E-state index in [0.717, 1.165) is 30.8 Å². The highest BCUT2D eigenvalue weighted by Crippen LogP contribution is 2.23. The van der Waals surface area contributed by atoms with E-state index in [1.54, 1.807) is 13.2 Å². The Kier molecular flexibility index (Phi) is 6.57. The summed E-state index contributed by atoms with van der Waals surface area (Å²) in [7, 11) is 1.61. The molecular weight excluding hydrogens is 244 g/mol. The largest absolute Gasteiger partial charge is 0.497 e. The molecule has 0 heterocycles. The lowest BCUT2D eigenvalue weighted by Crippen LogP contribution is -2.07. The van der Waals surface area contributed by atoms with Crippen molar-refractivity contribution in [3.05, 3.63) is 18.2 Å². The lowest BCUT2D eigenvalue weighted by atomic mass is 10.2. The molecule has 1 aromatic carbocycles. The van der Waals surface area contributed by atoms with Gasteiger partial charge in [0.15, 0.2) is 0 Å². The first-order chi connectivity index (χ1) is 9.17. The second-order valence-corrected chi connectivity index (χ2v) is 4.14. The van der Waals surface area contributed by atoms with Crippen LogP contribution in [-0.2, 0) is 9.53 Å². The number of methoxy groups -OCH3 is 1. The van der Waals surface area contributed by atoms with Crippen LogP contribution in [-0.4, -0.2) is 26.2 Å². The van der Waals surface area contributed by atoms with Gasteiger partial charge in [0, 0.05) is 19.0 Å². The Labute approximate surface area is 114 Å². The number of hydrogen-bond donors (Lipinski definition) is 2. The number of carbonyl (C=O) groups is 1. The third kappa shape index (κ3) is 5.50. The van der Waals surface area contributed by atoms with Gasteiger partial charge in [0.2, 0.25) is 0 Å². The Bertz CT molecular complexity index is 408. The lowest BCUT2D eigenvalue weighted by molar-refractivity contribution is -0.143. The van der Waals surface area contributed by atoms with E-state index < -0.39 is 0 Å². The minimum Gasteiger partial charge on any atom is -0.497 e. The summed E-state index contributed by atoms with van der Waals surface area (Å²) < 4.78 is 9.94. The van der Waals surface area contributed by atoms with E-state index in [9.17, 15) is 4.79 Å². The third-order valence-electron chi connectivity index (χ3n) is 2.69. The number of esters is 1. The molecule has 0 fully saturated rings. The van der Waals surface area contributed by atoms with Gasteiger partial charge in [-0.2, -0.15) is 0 Å². The van der Waals surface area contributed by atoms with E-state index in [4.69, 9.17) is 15.2 Å². The minimum absolute atomic E-state index is 0.133. The number of benzene rings is 1. The van der Waals surface area contributed by atoms with Gasteiger partial charge in [-0.05, 0) is 31.9 Å². The molecule has 0 bridgehead atoms. The normalized spacial score (nSPS) is 10.0. The van der Waals surface area contributed by atoms with Crippen molar-refractivity contribution >= 4 is 17.3 Å². The maximum absolute atomic E-state index is 11.1. The van der Waals surface area contributed by atoms with E-state index >= 15 is 0 Å². The van der Waals surface area contributed by atoms with Crippen molar-refractivity contribution in [1.82, 2.24) is 0 Å². The minimum atomic E-state index is -0.133. The zero-order chi connectivity index (χ0) is 14.1. The van der Waals surface area contributed by atoms with E-state index in [2.05, 4.69) is 5.32 Å². The van der Waals surface area contributed by atoms with Crippen LogP contribution in [0.15, 0.2) is 18.2 Å². The zero-order valence-electron chi connectivity index (χ0n) is 11.6. The molecule has 0 aliphatic carbocycles. The van der Waals surface area contributed by atoms with Gasteiger partial charge in [-0.15, -0.1) is 0 Å². The average Bonchev–Trinajstić information content (AvgIpc) is 2.40. The number of nitrogens with two attached hydrogens (primary N) is 1. The van der Waals surface area contributed by atoms with Crippen molar-refractivity contribution in [1.29, 1.82) is 0 Å². The summed E-state index contributed by atoms with van der Waals surface area (Å²) >= 11 is 0. The quantitative estimate of drug-likeness (QED) is 0.429. The molecule has 0 radical (unpaired) electrons. The number of ether oxygens (including phenoxy) is 2. The SMILES string of the molecule is CCOC(=O)CCCCNc1ccc(OC)cc1N. The molecule has 0 aliphatic heterocycles. The Balaban J connectivity index is 2.24. The van der Waals surface area contributed by atoms with Gasteiger partial charge >= 0.3 is 5.97 Å². The van der Waals surface area contributed by atoms with Crippen molar-refractivity contribution < 1.29 is 14.3 Å². The molecule has 5 heteroatoms. The van der Waals surface area contributed by atoms with Gasteiger partial charge in [-0.3, -0.25) is 4.79 Å². The zero-order valence-corrected chi connectivity index (χ0v) is 11.6. The Hall–Kier alpha value is -1.91. The topological polar surface area (TPSA) is 73.6 Å².